The predicted molar refractivity (Wildman–Crippen MR) is 103 cm³/mol. The molecule has 0 atom stereocenters. The molecule has 0 bridgehead atoms. The van der Waals surface area contributed by atoms with E-state index in [1.54, 1.807) is 11.3 Å². The number of aromatic nitrogens is 2. The number of aryl methyl sites for hydroxylation is 3. The molecular weight excluding hydrogens is 346 g/mol. The van der Waals surface area contributed by atoms with Crippen LogP contribution in [0, 0.1) is 20.8 Å². The third-order valence-electron chi connectivity index (χ3n) is 4.89. The van der Waals surface area contributed by atoms with Crippen molar-refractivity contribution in [3.05, 3.63) is 46.1 Å². The van der Waals surface area contributed by atoms with Crippen LogP contribution in [0.4, 0.5) is 0 Å². The number of hydrogen-bond donors (Lipinski definition) is 1. The summed E-state index contributed by atoms with van der Waals surface area (Å²) in [4.78, 5) is 13.4. The largest absolute Gasteiger partial charge is 0.438 e. The Hall–Kier alpha value is -2.02. The zero-order valence-electron chi connectivity index (χ0n) is 15.5. The van der Waals surface area contributed by atoms with Crippen molar-refractivity contribution in [2.45, 2.75) is 27.3 Å². The van der Waals surface area contributed by atoms with Crippen LogP contribution in [-0.4, -0.2) is 36.3 Å². The van der Waals surface area contributed by atoms with Crippen LogP contribution in [0.2, 0.25) is 0 Å². The highest BCUT2D eigenvalue weighted by molar-refractivity contribution is 7.18. The molecule has 6 heteroatoms. The van der Waals surface area contributed by atoms with E-state index in [2.05, 4.69) is 32.9 Å². The summed E-state index contributed by atoms with van der Waals surface area (Å²) in [5, 5.41) is 1.04. The number of benzene rings is 1. The number of nitrogens with one attached hydrogen (secondary N) is 1. The molecular formula is C20H24N3O2S+. The average Bonchev–Trinajstić information content (AvgIpc) is 2.92. The normalized spacial score (nSPS) is 15.5. The number of ether oxygens (including phenoxy) is 2. The predicted octanol–water partition coefficient (Wildman–Crippen LogP) is 2.82. The van der Waals surface area contributed by atoms with Crippen LogP contribution in [0.25, 0.3) is 10.2 Å². The molecule has 0 unspecified atom stereocenters. The summed E-state index contributed by atoms with van der Waals surface area (Å²) in [6.07, 6.45) is 0. The lowest BCUT2D eigenvalue weighted by Crippen LogP contribution is -3.12. The maximum absolute atomic E-state index is 6.19. The van der Waals surface area contributed by atoms with Crippen molar-refractivity contribution >= 4 is 21.6 Å². The summed E-state index contributed by atoms with van der Waals surface area (Å²) in [5.74, 6) is 2.32. The minimum absolute atomic E-state index is 0.670. The molecule has 1 fully saturated rings. The Balaban J connectivity index is 1.71. The van der Waals surface area contributed by atoms with Gasteiger partial charge in [0.15, 0.2) is 5.82 Å². The minimum atomic E-state index is 0.670. The Labute approximate surface area is 157 Å². The van der Waals surface area contributed by atoms with Gasteiger partial charge in [0.25, 0.3) is 0 Å². The average molecular weight is 370 g/mol. The van der Waals surface area contributed by atoms with E-state index in [0.717, 1.165) is 54.6 Å². The molecule has 3 heterocycles. The van der Waals surface area contributed by atoms with E-state index < -0.39 is 0 Å². The smallest absolute Gasteiger partial charge is 0.231 e. The van der Waals surface area contributed by atoms with E-state index in [9.17, 15) is 0 Å². The first-order chi connectivity index (χ1) is 12.6. The molecule has 0 radical (unpaired) electrons. The van der Waals surface area contributed by atoms with E-state index >= 15 is 0 Å². The highest BCUT2D eigenvalue weighted by Gasteiger charge is 2.20. The SMILES string of the molecule is Cc1ccc(Oc2nc(C[NH+]3CCOCC3)nc3sc(C)c(C)c23)cc1. The van der Waals surface area contributed by atoms with Crippen LogP contribution >= 0.6 is 11.3 Å². The van der Waals surface area contributed by atoms with Gasteiger partial charge in [0.05, 0.1) is 18.6 Å². The first-order valence-electron chi connectivity index (χ1n) is 9.02. The molecule has 1 aliphatic rings. The van der Waals surface area contributed by atoms with Crippen molar-refractivity contribution < 1.29 is 14.4 Å². The molecule has 0 amide bonds. The first-order valence-corrected chi connectivity index (χ1v) is 9.84. The van der Waals surface area contributed by atoms with Crippen molar-refractivity contribution in [1.29, 1.82) is 0 Å². The van der Waals surface area contributed by atoms with Crippen LogP contribution in [0.1, 0.15) is 21.8 Å². The van der Waals surface area contributed by atoms with Gasteiger partial charge < -0.3 is 14.4 Å². The molecule has 5 nitrogen and oxygen atoms in total. The Morgan fingerprint density at radius 3 is 2.54 bits per heavy atom. The summed E-state index contributed by atoms with van der Waals surface area (Å²) >= 11 is 1.72. The summed E-state index contributed by atoms with van der Waals surface area (Å²) < 4.78 is 11.6. The van der Waals surface area contributed by atoms with E-state index in [4.69, 9.17) is 19.4 Å². The standard InChI is InChI=1S/C20H23N3O2S/c1-13-4-6-16(7-5-13)25-19-18-14(2)15(3)26-20(18)22-17(21-19)12-23-8-10-24-11-9-23/h4-7H,8-12H2,1-3H3/p+1. The van der Waals surface area contributed by atoms with E-state index in [1.165, 1.54) is 20.9 Å². The second-order valence-corrected chi connectivity index (χ2v) is 8.07. The van der Waals surface area contributed by atoms with Crippen molar-refractivity contribution in [3.8, 4) is 11.6 Å². The third kappa shape index (κ3) is 3.58. The van der Waals surface area contributed by atoms with E-state index in [1.807, 2.05) is 12.1 Å². The highest BCUT2D eigenvalue weighted by atomic mass is 32.1. The number of rotatable bonds is 4. The van der Waals surface area contributed by atoms with Crippen LogP contribution in [0.3, 0.4) is 0 Å². The van der Waals surface area contributed by atoms with Crippen molar-refractivity contribution in [1.82, 2.24) is 9.97 Å². The number of hydrogen-bond acceptors (Lipinski definition) is 5. The number of quaternary nitrogens is 1. The molecule has 1 aliphatic heterocycles. The molecule has 0 aliphatic carbocycles. The van der Waals surface area contributed by atoms with Gasteiger partial charge in [0.2, 0.25) is 5.88 Å². The van der Waals surface area contributed by atoms with Gasteiger partial charge in [-0.3, -0.25) is 0 Å². The Morgan fingerprint density at radius 2 is 1.81 bits per heavy atom. The summed E-state index contributed by atoms with van der Waals surface area (Å²) in [5.41, 5.74) is 2.42. The fourth-order valence-electron chi connectivity index (χ4n) is 3.19. The maximum Gasteiger partial charge on any atom is 0.231 e. The molecule has 1 aromatic carbocycles. The molecule has 2 aromatic heterocycles. The van der Waals surface area contributed by atoms with Gasteiger partial charge in [-0.15, -0.1) is 11.3 Å². The van der Waals surface area contributed by atoms with Crippen LogP contribution in [0.15, 0.2) is 24.3 Å². The number of thiophene rings is 1. The van der Waals surface area contributed by atoms with Crippen molar-refractivity contribution in [2.24, 2.45) is 0 Å². The molecule has 26 heavy (non-hydrogen) atoms. The van der Waals surface area contributed by atoms with Crippen molar-refractivity contribution in [2.75, 3.05) is 26.3 Å². The third-order valence-corrected chi connectivity index (χ3v) is 5.99. The van der Waals surface area contributed by atoms with Gasteiger partial charge >= 0.3 is 0 Å². The summed E-state index contributed by atoms with van der Waals surface area (Å²) in [7, 11) is 0. The van der Waals surface area contributed by atoms with E-state index in [0.29, 0.717) is 5.88 Å². The lowest BCUT2D eigenvalue weighted by atomic mass is 10.2. The zero-order valence-corrected chi connectivity index (χ0v) is 16.3. The highest BCUT2D eigenvalue weighted by Crippen LogP contribution is 2.36. The number of morpholine rings is 1. The molecule has 4 rings (SSSR count). The lowest BCUT2D eigenvalue weighted by Gasteiger charge is -2.23. The Bertz CT molecular complexity index is 915. The van der Waals surface area contributed by atoms with Gasteiger partial charge in [-0.05, 0) is 38.5 Å². The molecule has 0 spiro atoms. The van der Waals surface area contributed by atoms with Crippen LogP contribution in [0.5, 0.6) is 11.6 Å². The molecule has 1 N–H and O–H groups in total. The molecule has 0 saturated carbocycles. The van der Waals surface area contributed by atoms with Gasteiger partial charge in [-0.2, -0.15) is 4.98 Å². The second kappa shape index (κ2) is 7.31. The molecule has 3 aromatic rings. The van der Waals surface area contributed by atoms with Crippen LogP contribution in [-0.2, 0) is 11.3 Å². The first kappa shape index (κ1) is 17.4. The Kier molecular flexibility index (Phi) is 4.89. The number of fused-ring (bicyclic) bond motifs is 1. The molecule has 136 valence electrons. The van der Waals surface area contributed by atoms with Gasteiger partial charge in [0, 0.05) is 4.88 Å². The fourth-order valence-corrected chi connectivity index (χ4v) is 4.22. The minimum Gasteiger partial charge on any atom is -0.438 e. The van der Waals surface area contributed by atoms with Crippen LogP contribution < -0.4 is 9.64 Å². The van der Waals surface area contributed by atoms with Gasteiger partial charge in [-0.1, -0.05) is 17.7 Å². The topological polar surface area (TPSA) is 48.7 Å². The fraction of sp³-hybridized carbons (Fsp3) is 0.400. The zero-order chi connectivity index (χ0) is 18.1. The van der Waals surface area contributed by atoms with Crippen molar-refractivity contribution in [3.63, 3.8) is 0 Å². The molecule has 1 saturated heterocycles. The maximum atomic E-state index is 6.19. The summed E-state index contributed by atoms with van der Waals surface area (Å²) in [6, 6.07) is 8.09. The summed E-state index contributed by atoms with van der Waals surface area (Å²) in [6.45, 7) is 10.7. The lowest BCUT2D eigenvalue weighted by molar-refractivity contribution is -0.922. The van der Waals surface area contributed by atoms with Gasteiger partial charge in [-0.25, -0.2) is 4.98 Å². The Morgan fingerprint density at radius 1 is 1.08 bits per heavy atom. The van der Waals surface area contributed by atoms with E-state index in [-0.39, 0.29) is 0 Å². The van der Waals surface area contributed by atoms with Gasteiger partial charge in [0.1, 0.15) is 30.2 Å². The second-order valence-electron chi connectivity index (χ2n) is 6.86. The quantitative estimate of drug-likeness (QED) is 0.767. The monoisotopic (exact) mass is 370 g/mol. The number of nitrogens with zero attached hydrogens (tertiary/aromatic N) is 2.